The van der Waals surface area contributed by atoms with Crippen molar-refractivity contribution in [2.75, 3.05) is 23.9 Å². The molecular formula is C24H22N2O3. The molecule has 0 atom stereocenters. The Labute approximate surface area is 169 Å². The van der Waals surface area contributed by atoms with Crippen LogP contribution in [0.15, 0.2) is 72.8 Å². The van der Waals surface area contributed by atoms with Gasteiger partial charge in [-0.3, -0.25) is 9.59 Å². The number of anilines is 2. The average Bonchev–Trinajstić information content (AvgIpc) is 2.78. The Hall–Kier alpha value is -3.60. The number of benzene rings is 3. The normalized spacial score (nSPS) is 12.8. The maximum absolute atomic E-state index is 12.9. The number of rotatable bonds is 4. The van der Waals surface area contributed by atoms with Gasteiger partial charge in [-0.15, -0.1) is 0 Å². The summed E-state index contributed by atoms with van der Waals surface area (Å²) in [5, 5.41) is 2.90. The maximum atomic E-state index is 12.9. The highest BCUT2D eigenvalue weighted by atomic mass is 16.5. The molecule has 0 unspecified atom stereocenters. The van der Waals surface area contributed by atoms with E-state index in [1.54, 1.807) is 24.1 Å². The predicted octanol–water partition coefficient (Wildman–Crippen LogP) is 4.54. The molecule has 3 aromatic carbocycles. The first-order valence-electron chi connectivity index (χ1n) is 9.61. The highest BCUT2D eigenvalue weighted by Crippen LogP contribution is 2.30. The lowest BCUT2D eigenvalue weighted by Crippen LogP contribution is -2.35. The van der Waals surface area contributed by atoms with E-state index in [1.807, 2.05) is 60.7 Å². The number of amides is 2. The minimum absolute atomic E-state index is 0.0138. The number of nitrogens with zero attached hydrogens (tertiary/aromatic N) is 1. The first-order chi connectivity index (χ1) is 14.2. The van der Waals surface area contributed by atoms with Gasteiger partial charge in [-0.25, -0.2) is 0 Å². The van der Waals surface area contributed by atoms with Gasteiger partial charge in [0.1, 0.15) is 5.75 Å². The molecule has 0 saturated heterocycles. The fourth-order valence-corrected chi connectivity index (χ4v) is 3.59. The molecule has 0 bridgehead atoms. The third kappa shape index (κ3) is 3.99. The number of carbonyl (C=O) groups is 2. The van der Waals surface area contributed by atoms with Crippen molar-refractivity contribution in [2.24, 2.45) is 0 Å². The van der Waals surface area contributed by atoms with Crippen molar-refractivity contribution in [2.45, 2.75) is 12.8 Å². The molecule has 29 heavy (non-hydrogen) atoms. The van der Waals surface area contributed by atoms with E-state index < -0.39 is 0 Å². The molecule has 1 aliphatic heterocycles. The van der Waals surface area contributed by atoms with Gasteiger partial charge >= 0.3 is 0 Å². The topological polar surface area (TPSA) is 58.6 Å². The Bertz CT molecular complexity index is 1050. The molecule has 1 heterocycles. The van der Waals surface area contributed by atoms with E-state index in [4.69, 9.17) is 4.74 Å². The van der Waals surface area contributed by atoms with Crippen LogP contribution in [-0.2, 0) is 6.42 Å². The predicted molar refractivity (Wildman–Crippen MR) is 114 cm³/mol. The number of ether oxygens (including phenoxy) is 1. The number of methoxy groups -OCH3 is 1. The van der Waals surface area contributed by atoms with Crippen LogP contribution in [0.25, 0.3) is 0 Å². The molecule has 0 radical (unpaired) electrons. The molecular weight excluding hydrogens is 364 g/mol. The molecule has 3 aromatic rings. The van der Waals surface area contributed by atoms with Gasteiger partial charge in [-0.1, -0.05) is 24.3 Å². The quantitative estimate of drug-likeness (QED) is 0.716. The summed E-state index contributed by atoms with van der Waals surface area (Å²) in [6.07, 6.45) is 1.71. The minimum atomic E-state index is -0.187. The molecule has 0 aliphatic carbocycles. The lowest BCUT2D eigenvalue weighted by Gasteiger charge is -2.30. The third-order valence-electron chi connectivity index (χ3n) is 5.05. The average molecular weight is 386 g/mol. The summed E-state index contributed by atoms with van der Waals surface area (Å²) in [5.41, 5.74) is 3.80. The van der Waals surface area contributed by atoms with E-state index in [9.17, 15) is 9.59 Å². The summed E-state index contributed by atoms with van der Waals surface area (Å²) in [6.45, 7) is 0.677. The SMILES string of the molecule is COc1cccc(NC(=O)c2ccc3c(c2)CCCN3C(=O)c2ccccc2)c1. The van der Waals surface area contributed by atoms with E-state index in [0.29, 0.717) is 29.1 Å². The smallest absolute Gasteiger partial charge is 0.258 e. The van der Waals surface area contributed by atoms with Crippen molar-refractivity contribution >= 4 is 23.2 Å². The number of carbonyl (C=O) groups excluding carboxylic acids is 2. The number of hydrogen-bond donors (Lipinski definition) is 1. The van der Waals surface area contributed by atoms with Gasteiger partial charge in [0.2, 0.25) is 0 Å². The minimum Gasteiger partial charge on any atom is -0.497 e. The van der Waals surface area contributed by atoms with E-state index in [1.165, 1.54) is 0 Å². The van der Waals surface area contributed by atoms with Crippen LogP contribution in [0.2, 0.25) is 0 Å². The second-order valence-corrected chi connectivity index (χ2v) is 6.96. The molecule has 0 aromatic heterocycles. The van der Waals surface area contributed by atoms with Gasteiger partial charge in [0.15, 0.2) is 0 Å². The maximum Gasteiger partial charge on any atom is 0.258 e. The first-order valence-corrected chi connectivity index (χ1v) is 9.61. The van der Waals surface area contributed by atoms with E-state index >= 15 is 0 Å². The fraction of sp³-hybridized carbons (Fsp3) is 0.167. The first kappa shape index (κ1) is 18.7. The van der Waals surface area contributed by atoms with Crippen LogP contribution in [-0.4, -0.2) is 25.5 Å². The highest BCUT2D eigenvalue weighted by molar-refractivity contribution is 6.08. The summed E-state index contributed by atoms with van der Waals surface area (Å²) in [6, 6.07) is 22.1. The molecule has 1 aliphatic rings. The van der Waals surface area contributed by atoms with Crippen LogP contribution >= 0.6 is 0 Å². The fourth-order valence-electron chi connectivity index (χ4n) is 3.59. The summed E-state index contributed by atoms with van der Waals surface area (Å²) in [4.78, 5) is 27.4. The molecule has 5 nitrogen and oxygen atoms in total. The standard InChI is InChI=1S/C24H22N2O3/c1-29-21-11-5-10-20(16-21)25-23(27)19-12-13-22-18(15-19)9-6-14-26(22)24(28)17-7-3-2-4-8-17/h2-5,7-8,10-13,15-16H,6,9,14H2,1H3,(H,25,27). The molecule has 0 saturated carbocycles. The summed E-state index contributed by atoms with van der Waals surface area (Å²) >= 11 is 0. The summed E-state index contributed by atoms with van der Waals surface area (Å²) < 4.78 is 5.20. The zero-order valence-electron chi connectivity index (χ0n) is 16.2. The van der Waals surface area contributed by atoms with Crippen LogP contribution in [0.5, 0.6) is 5.75 Å². The van der Waals surface area contributed by atoms with Crippen molar-refractivity contribution < 1.29 is 14.3 Å². The van der Waals surface area contributed by atoms with Crippen molar-refractivity contribution in [1.82, 2.24) is 0 Å². The largest absolute Gasteiger partial charge is 0.497 e. The van der Waals surface area contributed by atoms with Crippen LogP contribution in [0.1, 0.15) is 32.7 Å². The molecule has 0 spiro atoms. The molecule has 2 amide bonds. The van der Waals surface area contributed by atoms with Crippen LogP contribution in [0, 0.1) is 0 Å². The second-order valence-electron chi connectivity index (χ2n) is 6.96. The van der Waals surface area contributed by atoms with Gasteiger partial charge in [-0.05, 0) is 60.9 Å². The van der Waals surface area contributed by atoms with Gasteiger partial charge < -0.3 is 15.0 Å². The molecule has 4 rings (SSSR count). The zero-order chi connectivity index (χ0) is 20.2. The Morgan fingerprint density at radius 2 is 1.76 bits per heavy atom. The summed E-state index contributed by atoms with van der Waals surface area (Å²) in [5.74, 6) is 0.482. The van der Waals surface area contributed by atoms with Gasteiger partial charge in [0.05, 0.1) is 7.11 Å². The van der Waals surface area contributed by atoms with E-state index in [2.05, 4.69) is 5.32 Å². The van der Waals surface area contributed by atoms with Crippen molar-refractivity contribution in [3.8, 4) is 5.75 Å². The van der Waals surface area contributed by atoms with Crippen molar-refractivity contribution in [3.63, 3.8) is 0 Å². The number of fused-ring (bicyclic) bond motifs is 1. The summed E-state index contributed by atoms with van der Waals surface area (Å²) in [7, 11) is 1.59. The molecule has 1 N–H and O–H groups in total. The van der Waals surface area contributed by atoms with Crippen LogP contribution in [0.3, 0.4) is 0 Å². The van der Waals surface area contributed by atoms with Crippen LogP contribution < -0.4 is 15.0 Å². The van der Waals surface area contributed by atoms with Crippen LogP contribution in [0.4, 0.5) is 11.4 Å². The zero-order valence-corrected chi connectivity index (χ0v) is 16.2. The lowest BCUT2D eigenvalue weighted by atomic mass is 9.98. The lowest BCUT2D eigenvalue weighted by molar-refractivity contribution is 0.0984. The Morgan fingerprint density at radius 3 is 2.55 bits per heavy atom. The van der Waals surface area contributed by atoms with Crippen molar-refractivity contribution in [3.05, 3.63) is 89.5 Å². The Balaban J connectivity index is 1.56. The molecule has 146 valence electrons. The van der Waals surface area contributed by atoms with E-state index in [0.717, 1.165) is 24.1 Å². The third-order valence-corrected chi connectivity index (χ3v) is 5.05. The monoisotopic (exact) mass is 386 g/mol. The van der Waals surface area contributed by atoms with Crippen molar-refractivity contribution in [1.29, 1.82) is 0 Å². The van der Waals surface area contributed by atoms with Gasteiger partial charge in [0.25, 0.3) is 11.8 Å². The number of aryl methyl sites for hydroxylation is 1. The highest BCUT2D eigenvalue weighted by Gasteiger charge is 2.24. The van der Waals surface area contributed by atoms with E-state index in [-0.39, 0.29) is 11.8 Å². The second kappa shape index (κ2) is 8.19. The number of hydrogen-bond acceptors (Lipinski definition) is 3. The number of nitrogens with one attached hydrogen (secondary N) is 1. The molecule has 5 heteroatoms. The Kier molecular flexibility index (Phi) is 5.29. The Morgan fingerprint density at radius 1 is 0.931 bits per heavy atom. The molecule has 0 fully saturated rings. The van der Waals surface area contributed by atoms with Gasteiger partial charge in [-0.2, -0.15) is 0 Å². The van der Waals surface area contributed by atoms with Gasteiger partial charge in [0, 0.05) is 35.1 Å².